The highest BCUT2D eigenvalue weighted by atomic mass is 32.2. The molecule has 36 heavy (non-hydrogen) atoms. The lowest BCUT2D eigenvalue weighted by Crippen LogP contribution is -2.36. The molecule has 0 amide bonds. The molecule has 0 spiro atoms. The Morgan fingerprint density at radius 1 is 1.06 bits per heavy atom. The monoisotopic (exact) mass is 523 g/mol. The number of aromatic nitrogens is 4. The van der Waals surface area contributed by atoms with Crippen molar-refractivity contribution in [1.82, 2.24) is 23.8 Å². The smallest absolute Gasteiger partial charge is 0.417 e. The first-order valence-electron chi connectivity index (χ1n) is 10.4. The highest BCUT2D eigenvalue weighted by molar-refractivity contribution is 7.89. The molecule has 190 valence electrons. The minimum Gasteiger partial charge on any atom is -0.476 e. The van der Waals surface area contributed by atoms with Crippen molar-refractivity contribution in [2.45, 2.75) is 11.1 Å². The maximum absolute atomic E-state index is 12.6. The summed E-state index contributed by atoms with van der Waals surface area (Å²) in [7, 11) is -0.978. The SMILES string of the molecule is Cn1c(=O)c2[nH]c(-c3ccc(S(=O)(=O)NCCOc4ccc(C(F)(F)F)cn4)cc3)cc2n(C)c1=O. The number of hydrogen-bond donors (Lipinski definition) is 2. The van der Waals surface area contributed by atoms with E-state index in [-0.39, 0.29) is 29.4 Å². The Kier molecular flexibility index (Phi) is 6.49. The van der Waals surface area contributed by atoms with E-state index in [0.717, 1.165) is 16.7 Å². The van der Waals surface area contributed by atoms with Crippen molar-refractivity contribution >= 4 is 21.1 Å². The highest BCUT2D eigenvalue weighted by Gasteiger charge is 2.30. The number of ether oxygens (including phenoxy) is 1. The van der Waals surface area contributed by atoms with Crippen LogP contribution in [-0.2, 0) is 30.3 Å². The molecule has 1 aromatic carbocycles. The van der Waals surface area contributed by atoms with Crippen molar-refractivity contribution in [1.29, 1.82) is 0 Å². The molecule has 0 aliphatic heterocycles. The molecular formula is C22H20F3N5O5S. The third kappa shape index (κ3) is 4.90. The summed E-state index contributed by atoms with van der Waals surface area (Å²) in [6, 6.07) is 9.34. The summed E-state index contributed by atoms with van der Waals surface area (Å²) in [4.78, 5) is 31.0. The van der Waals surface area contributed by atoms with Crippen LogP contribution in [0.3, 0.4) is 0 Å². The molecule has 10 nitrogen and oxygen atoms in total. The van der Waals surface area contributed by atoms with Gasteiger partial charge in [-0.3, -0.25) is 13.9 Å². The number of rotatable bonds is 7. The number of aryl methyl sites for hydroxylation is 1. The van der Waals surface area contributed by atoms with Crippen molar-refractivity contribution in [2.24, 2.45) is 14.1 Å². The van der Waals surface area contributed by atoms with Gasteiger partial charge < -0.3 is 9.72 Å². The number of pyridine rings is 1. The topological polar surface area (TPSA) is 128 Å². The fourth-order valence-corrected chi connectivity index (χ4v) is 4.48. The molecule has 3 aromatic heterocycles. The highest BCUT2D eigenvalue weighted by Crippen LogP contribution is 2.29. The quantitative estimate of drug-likeness (QED) is 0.357. The summed E-state index contributed by atoms with van der Waals surface area (Å²) in [6.07, 6.45) is -3.88. The Hall–Kier alpha value is -3.91. The second-order valence-electron chi connectivity index (χ2n) is 7.80. The van der Waals surface area contributed by atoms with Crippen molar-refractivity contribution in [2.75, 3.05) is 13.2 Å². The van der Waals surface area contributed by atoms with Crippen LogP contribution >= 0.6 is 0 Å². The summed E-state index contributed by atoms with van der Waals surface area (Å²) >= 11 is 0. The van der Waals surface area contributed by atoms with Gasteiger partial charge in [-0.1, -0.05) is 12.1 Å². The molecule has 0 aliphatic carbocycles. The lowest BCUT2D eigenvalue weighted by molar-refractivity contribution is -0.137. The predicted molar refractivity (Wildman–Crippen MR) is 124 cm³/mol. The standard InChI is InChI=1S/C22H20F3N5O5S/c1-29-17-11-16(28-19(17)20(31)30(2)21(29)32)13-3-6-15(7-4-13)36(33,34)27-9-10-35-18-8-5-14(12-26-18)22(23,24)25/h3-8,11-12,27-28H,9-10H2,1-2H3. The lowest BCUT2D eigenvalue weighted by atomic mass is 10.1. The van der Waals surface area contributed by atoms with Gasteiger partial charge in [-0.2, -0.15) is 13.2 Å². The number of H-pyrrole nitrogens is 1. The Morgan fingerprint density at radius 2 is 1.75 bits per heavy atom. The first-order chi connectivity index (χ1) is 16.9. The molecule has 2 N–H and O–H groups in total. The Bertz CT molecular complexity index is 1640. The van der Waals surface area contributed by atoms with Gasteiger partial charge in [-0.25, -0.2) is 22.9 Å². The maximum Gasteiger partial charge on any atom is 0.417 e. The molecule has 0 aliphatic rings. The minimum absolute atomic E-state index is 0.0293. The molecule has 0 saturated heterocycles. The second-order valence-corrected chi connectivity index (χ2v) is 9.57. The van der Waals surface area contributed by atoms with Gasteiger partial charge in [0.15, 0.2) is 0 Å². The van der Waals surface area contributed by atoms with Gasteiger partial charge >= 0.3 is 11.9 Å². The van der Waals surface area contributed by atoms with Crippen molar-refractivity contribution in [3.63, 3.8) is 0 Å². The summed E-state index contributed by atoms with van der Waals surface area (Å²) in [5.74, 6) is -0.0720. The van der Waals surface area contributed by atoms with E-state index in [4.69, 9.17) is 4.74 Å². The maximum atomic E-state index is 12.6. The normalized spacial score (nSPS) is 12.2. The number of fused-ring (bicyclic) bond motifs is 1. The van der Waals surface area contributed by atoms with Gasteiger partial charge in [0, 0.05) is 38.6 Å². The van der Waals surface area contributed by atoms with Gasteiger partial charge in [0.05, 0.1) is 16.0 Å². The molecular weight excluding hydrogens is 503 g/mol. The van der Waals surface area contributed by atoms with Crippen molar-refractivity contribution in [3.8, 4) is 17.1 Å². The number of hydrogen-bond acceptors (Lipinski definition) is 6. The number of halogens is 3. The van der Waals surface area contributed by atoms with Crippen LogP contribution in [0.2, 0.25) is 0 Å². The van der Waals surface area contributed by atoms with E-state index in [1.165, 1.54) is 23.7 Å². The third-order valence-corrected chi connectivity index (χ3v) is 6.91. The van der Waals surface area contributed by atoms with E-state index in [2.05, 4.69) is 14.7 Å². The Morgan fingerprint density at radius 3 is 2.36 bits per heavy atom. The molecule has 0 atom stereocenters. The fourth-order valence-electron chi connectivity index (χ4n) is 3.47. The average Bonchev–Trinajstić information content (AvgIpc) is 3.30. The van der Waals surface area contributed by atoms with Gasteiger partial charge in [-0.15, -0.1) is 0 Å². The molecule has 4 aromatic rings. The molecule has 0 bridgehead atoms. The zero-order valence-electron chi connectivity index (χ0n) is 19.0. The zero-order chi connectivity index (χ0) is 26.3. The van der Waals surface area contributed by atoms with E-state index in [0.29, 0.717) is 23.0 Å². The first kappa shape index (κ1) is 25.2. The summed E-state index contributed by atoms with van der Waals surface area (Å²) in [6.45, 7) is -0.301. The average molecular weight is 523 g/mol. The summed E-state index contributed by atoms with van der Waals surface area (Å²) in [5.41, 5.74) is -0.0819. The fraction of sp³-hybridized carbons (Fsp3) is 0.227. The van der Waals surface area contributed by atoms with Gasteiger partial charge in [0.1, 0.15) is 12.1 Å². The first-order valence-corrected chi connectivity index (χ1v) is 11.9. The van der Waals surface area contributed by atoms with Crippen molar-refractivity contribution < 1.29 is 26.3 Å². The van der Waals surface area contributed by atoms with E-state index < -0.39 is 33.0 Å². The van der Waals surface area contributed by atoms with Crippen LogP contribution in [0.4, 0.5) is 13.2 Å². The van der Waals surface area contributed by atoms with Gasteiger partial charge in [-0.05, 0) is 29.8 Å². The minimum atomic E-state index is -4.51. The van der Waals surface area contributed by atoms with Gasteiger partial charge in [0.2, 0.25) is 15.9 Å². The van der Waals surface area contributed by atoms with Gasteiger partial charge in [0.25, 0.3) is 5.56 Å². The third-order valence-electron chi connectivity index (χ3n) is 5.43. The van der Waals surface area contributed by atoms with E-state index >= 15 is 0 Å². The van der Waals surface area contributed by atoms with E-state index in [1.807, 2.05) is 0 Å². The van der Waals surface area contributed by atoms with Crippen LogP contribution in [0.5, 0.6) is 5.88 Å². The molecule has 0 saturated carbocycles. The molecule has 14 heteroatoms. The molecule has 0 unspecified atom stereocenters. The second kappa shape index (κ2) is 9.28. The van der Waals surface area contributed by atoms with Crippen LogP contribution in [0, 0.1) is 0 Å². The van der Waals surface area contributed by atoms with Crippen LogP contribution in [0.1, 0.15) is 5.56 Å². The number of benzene rings is 1. The van der Waals surface area contributed by atoms with Crippen LogP contribution in [-0.4, -0.2) is 40.7 Å². The number of aromatic amines is 1. The van der Waals surface area contributed by atoms with E-state index in [9.17, 15) is 31.2 Å². The molecule has 4 rings (SSSR count). The predicted octanol–water partition coefficient (Wildman–Crippen LogP) is 2.00. The summed E-state index contributed by atoms with van der Waals surface area (Å²) < 4.78 is 72.6. The number of nitrogens with one attached hydrogen (secondary N) is 2. The molecule has 3 heterocycles. The summed E-state index contributed by atoms with van der Waals surface area (Å²) in [5, 5.41) is 0. The lowest BCUT2D eigenvalue weighted by Gasteiger charge is -2.10. The molecule has 0 radical (unpaired) electrons. The Balaban J connectivity index is 1.42. The van der Waals surface area contributed by atoms with Crippen LogP contribution in [0.15, 0.2) is 63.1 Å². The van der Waals surface area contributed by atoms with Crippen LogP contribution < -0.4 is 20.7 Å². The number of nitrogens with zero attached hydrogens (tertiary/aromatic N) is 3. The largest absolute Gasteiger partial charge is 0.476 e. The zero-order valence-corrected chi connectivity index (χ0v) is 19.8. The number of alkyl halides is 3. The van der Waals surface area contributed by atoms with Crippen LogP contribution in [0.25, 0.3) is 22.3 Å². The number of sulfonamides is 1. The molecule has 0 fully saturated rings. The van der Waals surface area contributed by atoms with E-state index in [1.54, 1.807) is 25.2 Å². The van der Waals surface area contributed by atoms with Crippen molar-refractivity contribution in [3.05, 3.63) is 75.1 Å². The Labute approximate surface area is 202 Å².